The average Bonchev–Trinajstić information content (AvgIpc) is 3.35. The normalized spacial score (nSPS) is 12.6. The number of rotatable bonds is 53. The minimum Gasteiger partial charge on any atom is -0.462 e. The topological polar surface area (TPSA) is 78.9 Å². The fraction of sp³-hybridized carbons (Fsp3) is 0.762. The highest BCUT2D eigenvalue weighted by atomic mass is 16.6. The van der Waals surface area contributed by atoms with Gasteiger partial charge in [-0.05, 0) is 89.9 Å². The van der Waals surface area contributed by atoms with Crippen molar-refractivity contribution in [1.82, 2.24) is 0 Å². The largest absolute Gasteiger partial charge is 0.462 e. The van der Waals surface area contributed by atoms with Gasteiger partial charge in [0.15, 0.2) is 6.10 Å². The number of unbranched alkanes of at least 4 members (excludes halogenated alkanes) is 30. The lowest BCUT2D eigenvalue weighted by Gasteiger charge is -2.18. The summed E-state index contributed by atoms with van der Waals surface area (Å²) in [5, 5.41) is 0. The van der Waals surface area contributed by atoms with E-state index in [1.54, 1.807) is 0 Å². The van der Waals surface area contributed by atoms with Gasteiger partial charge >= 0.3 is 17.9 Å². The Kier molecular flexibility index (Phi) is 54.8. The Balaban J connectivity index is 4.24. The molecule has 0 aromatic carbocycles. The first-order chi connectivity index (χ1) is 34.0. The second-order valence-corrected chi connectivity index (χ2v) is 19.5. The lowest BCUT2D eigenvalue weighted by molar-refractivity contribution is -0.167. The molecule has 1 atom stereocenters. The van der Waals surface area contributed by atoms with Crippen molar-refractivity contribution in [2.24, 2.45) is 0 Å². The summed E-state index contributed by atoms with van der Waals surface area (Å²) < 4.78 is 16.8. The van der Waals surface area contributed by atoms with Gasteiger partial charge in [0.1, 0.15) is 13.2 Å². The SMILES string of the molecule is CC/C=C\C/C=C\C/C=C\C/C=C\CCCCCCC(=O)OC(COC(=O)CCCCCCCCCCC)COC(=O)CCCCCCCCCCCCCCC/C=C\C/C=C\CCCCCCC. The average molecular weight is 964 g/mol. The van der Waals surface area contributed by atoms with Gasteiger partial charge in [0, 0.05) is 19.3 Å². The van der Waals surface area contributed by atoms with Crippen LogP contribution in [0.3, 0.4) is 0 Å². The van der Waals surface area contributed by atoms with Crippen LogP contribution in [0.15, 0.2) is 72.9 Å². The molecule has 0 bridgehead atoms. The summed E-state index contributed by atoms with van der Waals surface area (Å²) in [7, 11) is 0. The third kappa shape index (κ3) is 55.6. The molecule has 0 aliphatic carbocycles. The van der Waals surface area contributed by atoms with E-state index in [2.05, 4.69) is 93.7 Å². The molecule has 0 rings (SSSR count). The molecule has 0 saturated heterocycles. The third-order valence-electron chi connectivity index (χ3n) is 12.7. The summed E-state index contributed by atoms with van der Waals surface area (Å²) in [5.74, 6) is -0.903. The zero-order chi connectivity index (χ0) is 50.0. The van der Waals surface area contributed by atoms with Crippen LogP contribution >= 0.6 is 0 Å². The van der Waals surface area contributed by atoms with Crippen LogP contribution in [-0.2, 0) is 28.6 Å². The number of hydrogen-bond donors (Lipinski definition) is 0. The smallest absolute Gasteiger partial charge is 0.306 e. The highest BCUT2D eigenvalue weighted by Crippen LogP contribution is 2.16. The molecular weight excluding hydrogens is 853 g/mol. The first-order valence-corrected chi connectivity index (χ1v) is 29.4. The summed E-state index contributed by atoms with van der Waals surface area (Å²) >= 11 is 0. The molecule has 398 valence electrons. The molecule has 0 amide bonds. The maximum atomic E-state index is 12.8. The number of carbonyl (C=O) groups excluding carboxylic acids is 3. The van der Waals surface area contributed by atoms with Crippen molar-refractivity contribution in [2.75, 3.05) is 13.2 Å². The Morgan fingerprint density at radius 2 is 0.565 bits per heavy atom. The standard InChI is InChI=1S/C63H110O6/c1-4-7-10-13-16-19-21-23-25-27-28-29-30-31-32-33-34-36-37-39-41-44-47-50-53-56-62(65)68-59-60(58-67-61(64)55-52-49-46-43-18-15-12-9-6-3)69-63(66)57-54-51-48-45-42-40-38-35-26-24-22-20-17-14-11-8-5-2/h8,11,17,20-21,23-24,26-28,38,40,60H,4-7,9-10,12-16,18-19,22,25,29-37,39,41-59H2,1-3H3/b11-8-,20-17-,23-21-,26-24-,28-27-,40-38-. The maximum Gasteiger partial charge on any atom is 0.306 e. The Bertz CT molecular complexity index is 1290. The Morgan fingerprint density at radius 1 is 0.304 bits per heavy atom. The van der Waals surface area contributed by atoms with Gasteiger partial charge in [0.05, 0.1) is 0 Å². The number of esters is 3. The highest BCUT2D eigenvalue weighted by molar-refractivity contribution is 5.71. The maximum absolute atomic E-state index is 12.8. The molecule has 0 aromatic heterocycles. The monoisotopic (exact) mass is 963 g/mol. The minimum absolute atomic E-state index is 0.0835. The van der Waals surface area contributed by atoms with Gasteiger partial charge < -0.3 is 14.2 Å². The van der Waals surface area contributed by atoms with Gasteiger partial charge in [-0.1, -0.05) is 254 Å². The fourth-order valence-electron chi connectivity index (χ4n) is 8.29. The Hall–Kier alpha value is -3.15. The molecule has 0 fully saturated rings. The molecule has 6 heteroatoms. The van der Waals surface area contributed by atoms with E-state index in [1.165, 1.54) is 148 Å². The summed E-state index contributed by atoms with van der Waals surface area (Å²) in [4.78, 5) is 38.1. The Labute approximate surface area is 427 Å². The summed E-state index contributed by atoms with van der Waals surface area (Å²) in [6.45, 7) is 6.49. The molecule has 0 aliphatic heterocycles. The first-order valence-electron chi connectivity index (χ1n) is 29.4. The van der Waals surface area contributed by atoms with Crippen LogP contribution in [0.4, 0.5) is 0 Å². The molecule has 6 nitrogen and oxygen atoms in total. The molecule has 69 heavy (non-hydrogen) atoms. The molecule has 0 aliphatic rings. The second-order valence-electron chi connectivity index (χ2n) is 19.5. The van der Waals surface area contributed by atoms with E-state index in [-0.39, 0.29) is 31.1 Å². The van der Waals surface area contributed by atoms with E-state index in [0.717, 1.165) is 103 Å². The van der Waals surface area contributed by atoms with Gasteiger partial charge in [0.2, 0.25) is 0 Å². The van der Waals surface area contributed by atoms with Gasteiger partial charge in [-0.3, -0.25) is 14.4 Å². The van der Waals surface area contributed by atoms with E-state index in [1.807, 2.05) is 0 Å². The fourth-order valence-corrected chi connectivity index (χ4v) is 8.29. The number of ether oxygens (including phenoxy) is 3. The summed E-state index contributed by atoms with van der Waals surface area (Å²) in [5.41, 5.74) is 0. The minimum atomic E-state index is -0.786. The van der Waals surface area contributed by atoms with Crippen LogP contribution in [0.5, 0.6) is 0 Å². The van der Waals surface area contributed by atoms with Crippen LogP contribution in [0.2, 0.25) is 0 Å². The molecule has 0 saturated carbocycles. The Morgan fingerprint density at radius 3 is 0.884 bits per heavy atom. The lowest BCUT2D eigenvalue weighted by Crippen LogP contribution is -2.30. The van der Waals surface area contributed by atoms with Crippen LogP contribution in [0, 0.1) is 0 Å². The number of allylic oxidation sites excluding steroid dienone is 12. The second kappa shape index (κ2) is 57.4. The zero-order valence-corrected chi connectivity index (χ0v) is 45.6. The van der Waals surface area contributed by atoms with Crippen molar-refractivity contribution in [3.8, 4) is 0 Å². The lowest BCUT2D eigenvalue weighted by atomic mass is 10.0. The quantitative estimate of drug-likeness (QED) is 0.0262. The molecule has 0 aromatic rings. The van der Waals surface area contributed by atoms with Crippen molar-refractivity contribution in [1.29, 1.82) is 0 Å². The predicted octanol–water partition coefficient (Wildman–Crippen LogP) is 19.8. The third-order valence-corrected chi connectivity index (χ3v) is 12.7. The van der Waals surface area contributed by atoms with E-state index in [0.29, 0.717) is 19.3 Å². The van der Waals surface area contributed by atoms with Gasteiger partial charge in [-0.25, -0.2) is 0 Å². The summed E-state index contributed by atoms with van der Waals surface area (Å²) in [6, 6.07) is 0. The van der Waals surface area contributed by atoms with E-state index < -0.39 is 6.10 Å². The van der Waals surface area contributed by atoms with Crippen LogP contribution in [0.25, 0.3) is 0 Å². The van der Waals surface area contributed by atoms with Crippen LogP contribution in [0.1, 0.15) is 290 Å². The van der Waals surface area contributed by atoms with Gasteiger partial charge in [-0.2, -0.15) is 0 Å². The van der Waals surface area contributed by atoms with E-state index in [9.17, 15) is 14.4 Å². The highest BCUT2D eigenvalue weighted by Gasteiger charge is 2.19. The van der Waals surface area contributed by atoms with Crippen LogP contribution in [-0.4, -0.2) is 37.2 Å². The molecular formula is C63H110O6. The molecule has 0 heterocycles. The van der Waals surface area contributed by atoms with E-state index >= 15 is 0 Å². The predicted molar refractivity (Wildman–Crippen MR) is 298 cm³/mol. The zero-order valence-electron chi connectivity index (χ0n) is 45.6. The first kappa shape index (κ1) is 65.8. The van der Waals surface area contributed by atoms with Crippen molar-refractivity contribution in [3.05, 3.63) is 72.9 Å². The van der Waals surface area contributed by atoms with Crippen molar-refractivity contribution >= 4 is 17.9 Å². The van der Waals surface area contributed by atoms with Crippen molar-refractivity contribution in [2.45, 2.75) is 297 Å². The molecule has 0 N–H and O–H groups in total. The van der Waals surface area contributed by atoms with E-state index in [4.69, 9.17) is 14.2 Å². The molecule has 0 radical (unpaired) electrons. The van der Waals surface area contributed by atoms with Gasteiger partial charge in [0.25, 0.3) is 0 Å². The van der Waals surface area contributed by atoms with Crippen molar-refractivity contribution < 1.29 is 28.6 Å². The van der Waals surface area contributed by atoms with Gasteiger partial charge in [-0.15, -0.1) is 0 Å². The number of carbonyl (C=O) groups is 3. The number of hydrogen-bond acceptors (Lipinski definition) is 6. The summed E-state index contributed by atoms with van der Waals surface area (Å²) in [6.07, 6.45) is 73.4. The molecule has 1 unspecified atom stereocenters. The van der Waals surface area contributed by atoms with Crippen LogP contribution < -0.4 is 0 Å². The molecule has 0 spiro atoms. The van der Waals surface area contributed by atoms with Crippen molar-refractivity contribution in [3.63, 3.8) is 0 Å².